The van der Waals surface area contributed by atoms with Crippen LogP contribution in [0.3, 0.4) is 0 Å². The lowest BCUT2D eigenvalue weighted by Crippen LogP contribution is -2.01. The van der Waals surface area contributed by atoms with Crippen LogP contribution in [0.1, 0.15) is 22.8 Å². The van der Waals surface area contributed by atoms with Gasteiger partial charge in [-0.1, -0.05) is 48.0 Å². The molecule has 2 aromatic rings. The van der Waals surface area contributed by atoms with Gasteiger partial charge in [0.2, 0.25) is 0 Å². The third-order valence-corrected chi connectivity index (χ3v) is 2.80. The highest BCUT2D eigenvalue weighted by Gasteiger charge is 2.02. The molecule has 2 heteroatoms. The maximum Gasteiger partial charge on any atom is 0.187 e. The van der Waals surface area contributed by atoms with E-state index in [1.54, 1.807) is 6.08 Å². The van der Waals surface area contributed by atoms with Crippen LogP contribution >= 0.6 is 0 Å². The summed E-state index contributed by atoms with van der Waals surface area (Å²) in [5.41, 5.74) is 3.73. The molecule has 96 valence electrons. The molecule has 0 unspecified atom stereocenters. The van der Waals surface area contributed by atoms with Crippen LogP contribution < -0.4 is 5.32 Å². The topological polar surface area (TPSA) is 29.1 Å². The Kier molecular flexibility index (Phi) is 4.14. The number of allylic oxidation sites excluding steroid dienone is 2. The maximum absolute atomic E-state index is 12.0. The Labute approximate surface area is 113 Å². The number of hydrogen-bond donors (Lipinski definition) is 1. The number of rotatable bonds is 4. The number of anilines is 1. The standard InChI is InChI=1S/C17H17NO/c1-13-8-10-16(11-9-13)18-14(2)12-17(19)15-6-4-3-5-7-15/h3-12,18H,1-2H3/b14-12-. The molecule has 0 aliphatic heterocycles. The Balaban J connectivity index is 2.07. The van der Waals surface area contributed by atoms with Crippen molar-refractivity contribution < 1.29 is 4.79 Å². The van der Waals surface area contributed by atoms with Gasteiger partial charge in [0.15, 0.2) is 5.78 Å². The van der Waals surface area contributed by atoms with E-state index in [-0.39, 0.29) is 5.78 Å². The summed E-state index contributed by atoms with van der Waals surface area (Å²) < 4.78 is 0. The Hall–Kier alpha value is -2.35. The smallest absolute Gasteiger partial charge is 0.187 e. The number of aryl methyl sites for hydroxylation is 1. The molecule has 0 saturated heterocycles. The third kappa shape index (κ3) is 3.81. The van der Waals surface area contributed by atoms with E-state index in [9.17, 15) is 4.79 Å². The lowest BCUT2D eigenvalue weighted by Gasteiger charge is -2.06. The van der Waals surface area contributed by atoms with Crippen LogP contribution in [0, 0.1) is 6.92 Å². The Morgan fingerprint density at radius 2 is 1.63 bits per heavy atom. The predicted octanol–water partition coefficient (Wildman–Crippen LogP) is 4.19. The average Bonchev–Trinajstić information content (AvgIpc) is 2.42. The number of ketones is 1. The fraction of sp³-hybridized carbons (Fsp3) is 0.118. The van der Waals surface area contributed by atoms with E-state index in [1.165, 1.54) is 5.56 Å². The Morgan fingerprint density at radius 3 is 2.26 bits per heavy atom. The summed E-state index contributed by atoms with van der Waals surface area (Å²) in [6.07, 6.45) is 1.62. The van der Waals surface area contributed by atoms with Crippen molar-refractivity contribution in [3.8, 4) is 0 Å². The fourth-order valence-electron chi connectivity index (χ4n) is 1.78. The summed E-state index contributed by atoms with van der Waals surface area (Å²) in [6, 6.07) is 17.3. The zero-order valence-electron chi connectivity index (χ0n) is 11.2. The van der Waals surface area contributed by atoms with Crippen LogP contribution in [0.4, 0.5) is 5.69 Å². The minimum absolute atomic E-state index is 0.0118. The van der Waals surface area contributed by atoms with E-state index in [0.29, 0.717) is 5.56 Å². The molecule has 0 aliphatic carbocycles. The second-order valence-corrected chi connectivity index (χ2v) is 4.55. The molecule has 0 radical (unpaired) electrons. The molecule has 0 heterocycles. The average molecular weight is 251 g/mol. The monoisotopic (exact) mass is 251 g/mol. The van der Waals surface area contributed by atoms with Crippen LogP contribution in [0.15, 0.2) is 66.4 Å². The normalized spacial score (nSPS) is 11.2. The second kappa shape index (κ2) is 6.01. The highest BCUT2D eigenvalue weighted by Crippen LogP contribution is 2.12. The van der Waals surface area contributed by atoms with Crippen molar-refractivity contribution in [3.63, 3.8) is 0 Å². The van der Waals surface area contributed by atoms with Crippen LogP contribution in [-0.2, 0) is 0 Å². The van der Waals surface area contributed by atoms with Crippen LogP contribution in [0.2, 0.25) is 0 Å². The summed E-state index contributed by atoms with van der Waals surface area (Å²) in [5, 5.41) is 3.21. The van der Waals surface area contributed by atoms with E-state index in [2.05, 4.69) is 5.32 Å². The number of nitrogens with one attached hydrogen (secondary N) is 1. The Bertz CT molecular complexity index is 582. The van der Waals surface area contributed by atoms with Gasteiger partial charge in [-0.05, 0) is 26.0 Å². The lowest BCUT2D eigenvalue weighted by molar-refractivity contribution is 0.104. The highest BCUT2D eigenvalue weighted by molar-refractivity contribution is 6.05. The van der Waals surface area contributed by atoms with Crippen molar-refractivity contribution >= 4 is 11.5 Å². The van der Waals surface area contributed by atoms with Gasteiger partial charge in [0, 0.05) is 23.0 Å². The van der Waals surface area contributed by atoms with E-state index in [4.69, 9.17) is 0 Å². The van der Waals surface area contributed by atoms with E-state index in [1.807, 2.05) is 68.4 Å². The first-order chi connectivity index (χ1) is 9.15. The zero-order chi connectivity index (χ0) is 13.7. The zero-order valence-corrected chi connectivity index (χ0v) is 11.2. The van der Waals surface area contributed by atoms with Crippen molar-refractivity contribution in [2.45, 2.75) is 13.8 Å². The molecule has 1 N–H and O–H groups in total. The van der Waals surface area contributed by atoms with Crippen LogP contribution in [0.5, 0.6) is 0 Å². The molecule has 2 nitrogen and oxygen atoms in total. The SMILES string of the molecule is C/C(=C/C(=O)c1ccccc1)Nc1ccc(C)cc1. The molecular weight excluding hydrogens is 234 g/mol. The number of carbonyl (C=O) groups is 1. The molecule has 0 atom stereocenters. The van der Waals surface area contributed by atoms with Crippen molar-refractivity contribution in [1.82, 2.24) is 0 Å². The van der Waals surface area contributed by atoms with Crippen molar-refractivity contribution in [1.29, 1.82) is 0 Å². The molecule has 2 aromatic carbocycles. The van der Waals surface area contributed by atoms with Gasteiger partial charge in [-0.2, -0.15) is 0 Å². The number of hydrogen-bond acceptors (Lipinski definition) is 2. The molecule has 0 aromatic heterocycles. The minimum atomic E-state index is 0.0118. The molecular formula is C17H17NO. The lowest BCUT2D eigenvalue weighted by atomic mass is 10.1. The molecule has 0 spiro atoms. The minimum Gasteiger partial charge on any atom is -0.359 e. The number of carbonyl (C=O) groups excluding carboxylic acids is 1. The largest absolute Gasteiger partial charge is 0.359 e. The first-order valence-electron chi connectivity index (χ1n) is 6.26. The Morgan fingerprint density at radius 1 is 1.00 bits per heavy atom. The summed E-state index contributed by atoms with van der Waals surface area (Å²) in [4.78, 5) is 12.0. The molecule has 0 saturated carbocycles. The van der Waals surface area contributed by atoms with Gasteiger partial charge < -0.3 is 5.32 Å². The van der Waals surface area contributed by atoms with E-state index < -0.39 is 0 Å². The van der Waals surface area contributed by atoms with Gasteiger partial charge in [-0.25, -0.2) is 0 Å². The van der Waals surface area contributed by atoms with Gasteiger partial charge in [0.05, 0.1) is 0 Å². The second-order valence-electron chi connectivity index (χ2n) is 4.55. The summed E-state index contributed by atoms with van der Waals surface area (Å²) in [7, 11) is 0. The highest BCUT2D eigenvalue weighted by atomic mass is 16.1. The van der Waals surface area contributed by atoms with Crippen LogP contribution in [0.25, 0.3) is 0 Å². The van der Waals surface area contributed by atoms with Gasteiger partial charge >= 0.3 is 0 Å². The first-order valence-corrected chi connectivity index (χ1v) is 6.26. The van der Waals surface area contributed by atoms with Crippen molar-refractivity contribution in [2.24, 2.45) is 0 Å². The van der Waals surface area contributed by atoms with Gasteiger partial charge in [-0.15, -0.1) is 0 Å². The van der Waals surface area contributed by atoms with Gasteiger partial charge in [0.25, 0.3) is 0 Å². The quantitative estimate of drug-likeness (QED) is 0.652. The summed E-state index contributed by atoms with van der Waals surface area (Å²) in [6.45, 7) is 3.94. The van der Waals surface area contributed by atoms with Gasteiger partial charge in [-0.3, -0.25) is 4.79 Å². The molecule has 0 amide bonds. The molecule has 2 rings (SSSR count). The van der Waals surface area contributed by atoms with E-state index in [0.717, 1.165) is 11.4 Å². The molecule has 19 heavy (non-hydrogen) atoms. The predicted molar refractivity (Wildman–Crippen MR) is 79.3 cm³/mol. The number of benzene rings is 2. The summed E-state index contributed by atoms with van der Waals surface area (Å²) >= 11 is 0. The molecule has 0 bridgehead atoms. The van der Waals surface area contributed by atoms with Crippen LogP contribution in [-0.4, -0.2) is 5.78 Å². The van der Waals surface area contributed by atoms with Gasteiger partial charge in [0.1, 0.15) is 0 Å². The van der Waals surface area contributed by atoms with Crippen molar-refractivity contribution in [2.75, 3.05) is 5.32 Å². The molecule has 0 aliphatic rings. The molecule has 0 fully saturated rings. The van der Waals surface area contributed by atoms with Crippen molar-refractivity contribution in [3.05, 3.63) is 77.5 Å². The van der Waals surface area contributed by atoms with E-state index >= 15 is 0 Å². The fourth-order valence-corrected chi connectivity index (χ4v) is 1.78. The first kappa shape index (κ1) is 13.1. The third-order valence-electron chi connectivity index (χ3n) is 2.80. The maximum atomic E-state index is 12.0. The summed E-state index contributed by atoms with van der Waals surface area (Å²) in [5.74, 6) is 0.0118.